The van der Waals surface area contributed by atoms with E-state index in [1.807, 2.05) is 6.92 Å². The molecule has 11 heteroatoms. The second-order valence-electron chi connectivity index (χ2n) is 8.27. The lowest BCUT2D eigenvalue weighted by Crippen LogP contribution is -2.61. The number of amides is 1. The number of aromatic nitrogens is 4. The van der Waals surface area contributed by atoms with Crippen molar-refractivity contribution in [2.75, 3.05) is 16.8 Å². The third-order valence-electron chi connectivity index (χ3n) is 6.17. The Morgan fingerprint density at radius 3 is 2.61 bits per heavy atom. The van der Waals surface area contributed by atoms with Crippen LogP contribution in [0.3, 0.4) is 0 Å². The Balaban J connectivity index is 1.61. The van der Waals surface area contributed by atoms with Gasteiger partial charge in [-0.2, -0.15) is 4.98 Å². The molecule has 7 nitrogen and oxygen atoms in total. The molecule has 1 saturated carbocycles. The molecule has 5 rings (SSSR count). The highest BCUT2D eigenvalue weighted by Crippen LogP contribution is 2.46. The first kappa shape index (κ1) is 21.4. The number of alkyl halides is 2. The van der Waals surface area contributed by atoms with Gasteiger partial charge in [0.05, 0.1) is 11.8 Å². The lowest BCUT2D eigenvalue weighted by Gasteiger charge is -2.49. The van der Waals surface area contributed by atoms with Crippen LogP contribution in [0, 0.1) is 11.6 Å². The van der Waals surface area contributed by atoms with Crippen LogP contribution in [0.15, 0.2) is 36.8 Å². The van der Waals surface area contributed by atoms with E-state index in [0.717, 1.165) is 12.1 Å². The third-order valence-corrected chi connectivity index (χ3v) is 6.17. The van der Waals surface area contributed by atoms with E-state index in [4.69, 9.17) is 0 Å². The second kappa shape index (κ2) is 7.53. The number of benzene rings is 1. The van der Waals surface area contributed by atoms with Crippen molar-refractivity contribution < 1.29 is 22.4 Å². The van der Waals surface area contributed by atoms with Crippen molar-refractivity contribution >= 4 is 17.4 Å². The molecule has 1 fully saturated rings. The molecular formula is C22H20F4N6O. The highest BCUT2D eigenvalue weighted by molar-refractivity contribution is 6.04. The Morgan fingerprint density at radius 1 is 1.18 bits per heavy atom. The van der Waals surface area contributed by atoms with Crippen LogP contribution in [0.2, 0.25) is 0 Å². The van der Waals surface area contributed by atoms with Crippen LogP contribution < -0.4 is 9.80 Å². The monoisotopic (exact) mass is 460 g/mol. The van der Waals surface area contributed by atoms with Crippen LogP contribution in [-0.4, -0.2) is 50.5 Å². The molecule has 1 amide bonds. The first-order valence-electron chi connectivity index (χ1n) is 10.5. The average molecular weight is 460 g/mol. The molecule has 1 aliphatic carbocycles. The summed E-state index contributed by atoms with van der Waals surface area (Å²) in [6.45, 7) is 1.82. The zero-order chi connectivity index (χ0) is 23.5. The molecule has 2 aliphatic rings. The standard InChI is InChI=1S/C22H20F4N6O/c1-3-16-20(33)30(2)17-11-28-21(29-19(17)32(16)13-9-22(25,26)10-13)31-7-6-27-18(31)14-5-4-12(23)8-15(14)24/h4-8,11,13,16H,3,9-10H2,1-2H3. The van der Waals surface area contributed by atoms with Crippen molar-refractivity contribution in [1.82, 2.24) is 19.5 Å². The van der Waals surface area contributed by atoms with Gasteiger partial charge in [-0.25, -0.2) is 27.5 Å². The summed E-state index contributed by atoms with van der Waals surface area (Å²) < 4.78 is 56.6. The average Bonchev–Trinajstić information content (AvgIpc) is 3.23. The molecule has 1 aliphatic heterocycles. The highest BCUT2D eigenvalue weighted by Gasteiger charge is 2.52. The summed E-state index contributed by atoms with van der Waals surface area (Å²) in [6.07, 6.45) is 4.08. The predicted molar refractivity (Wildman–Crippen MR) is 112 cm³/mol. The lowest BCUT2D eigenvalue weighted by atomic mass is 9.85. The number of halogens is 4. The van der Waals surface area contributed by atoms with E-state index in [1.165, 1.54) is 34.1 Å². The molecule has 172 valence electrons. The van der Waals surface area contributed by atoms with E-state index in [-0.39, 0.29) is 36.1 Å². The number of fused-ring (bicyclic) bond motifs is 1. The van der Waals surface area contributed by atoms with Gasteiger partial charge < -0.3 is 9.80 Å². The number of hydrogen-bond donors (Lipinski definition) is 0. The summed E-state index contributed by atoms with van der Waals surface area (Å²) in [5, 5.41) is 0. The van der Waals surface area contributed by atoms with Crippen molar-refractivity contribution in [3.63, 3.8) is 0 Å². The van der Waals surface area contributed by atoms with E-state index >= 15 is 0 Å². The number of imidazole rings is 1. The summed E-state index contributed by atoms with van der Waals surface area (Å²) in [7, 11) is 1.59. The first-order valence-corrected chi connectivity index (χ1v) is 10.5. The van der Waals surface area contributed by atoms with Crippen LogP contribution in [0.4, 0.5) is 29.1 Å². The van der Waals surface area contributed by atoms with Crippen LogP contribution in [0.25, 0.3) is 17.3 Å². The summed E-state index contributed by atoms with van der Waals surface area (Å²) in [5.41, 5.74) is 0.454. The maximum atomic E-state index is 14.4. The number of hydrogen-bond acceptors (Lipinski definition) is 5. The van der Waals surface area contributed by atoms with E-state index in [9.17, 15) is 22.4 Å². The molecular weight excluding hydrogens is 440 g/mol. The zero-order valence-electron chi connectivity index (χ0n) is 17.8. The molecule has 0 spiro atoms. The third kappa shape index (κ3) is 3.42. The first-order chi connectivity index (χ1) is 15.7. The minimum absolute atomic E-state index is 0.0527. The number of rotatable bonds is 4. The van der Waals surface area contributed by atoms with Gasteiger partial charge >= 0.3 is 0 Å². The summed E-state index contributed by atoms with van der Waals surface area (Å²) in [5.74, 6) is -3.87. The molecule has 0 saturated heterocycles. The summed E-state index contributed by atoms with van der Waals surface area (Å²) >= 11 is 0. The minimum atomic E-state index is -2.77. The molecule has 3 heterocycles. The van der Waals surface area contributed by atoms with Crippen molar-refractivity contribution in [2.24, 2.45) is 0 Å². The quantitative estimate of drug-likeness (QED) is 0.552. The molecule has 2 aromatic heterocycles. The number of carbonyl (C=O) groups is 1. The number of carbonyl (C=O) groups excluding carboxylic acids is 1. The Bertz CT molecular complexity index is 1240. The van der Waals surface area contributed by atoms with Crippen molar-refractivity contribution in [3.05, 3.63) is 48.4 Å². The molecule has 1 atom stereocenters. The second-order valence-corrected chi connectivity index (χ2v) is 8.27. The van der Waals surface area contributed by atoms with Crippen molar-refractivity contribution in [3.8, 4) is 17.3 Å². The predicted octanol–water partition coefficient (Wildman–Crippen LogP) is 3.97. The largest absolute Gasteiger partial charge is 0.339 e. The fourth-order valence-electron chi connectivity index (χ4n) is 4.47. The number of likely N-dealkylation sites (N-methyl/N-ethyl adjacent to an activating group) is 1. The molecule has 0 radical (unpaired) electrons. The number of anilines is 2. The van der Waals surface area contributed by atoms with Gasteiger partial charge in [0, 0.05) is 44.4 Å². The molecule has 1 unspecified atom stereocenters. The van der Waals surface area contributed by atoms with Crippen LogP contribution in [0.1, 0.15) is 26.2 Å². The van der Waals surface area contributed by atoms with E-state index in [2.05, 4.69) is 15.0 Å². The van der Waals surface area contributed by atoms with Crippen molar-refractivity contribution in [1.29, 1.82) is 0 Å². The smallest absolute Gasteiger partial charge is 0.252 e. The van der Waals surface area contributed by atoms with E-state index in [1.54, 1.807) is 11.9 Å². The van der Waals surface area contributed by atoms with Crippen LogP contribution >= 0.6 is 0 Å². The Kier molecular flexibility index (Phi) is 4.87. The van der Waals surface area contributed by atoms with Gasteiger partial charge in [-0.05, 0) is 18.6 Å². The normalized spacial score (nSPS) is 20.1. The maximum Gasteiger partial charge on any atom is 0.252 e. The van der Waals surface area contributed by atoms with Gasteiger partial charge in [0.25, 0.3) is 5.92 Å². The molecule has 1 aromatic carbocycles. The van der Waals surface area contributed by atoms with Gasteiger partial charge in [0.2, 0.25) is 11.9 Å². The molecule has 3 aromatic rings. The fourth-order valence-corrected chi connectivity index (χ4v) is 4.47. The summed E-state index contributed by atoms with van der Waals surface area (Å²) in [4.78, 5) is 29.1. The Morgan fingerprint density at radius 2 is 1.94 bits per heavy atom. The number of nitrogens with zero attached hydrogens (tertiary/aromatic N) is 6. The topological polar surface area (TPSA) is 67.2 Å². The van der Waals surface area contributed by atoms with Crippen molar-refractivity contribution in [2.45, 2.75) is 44.2 Å². The Hall–Kier alpha value is -3.50. The van der Waals surface area contributed by atoms with Crippen LogP contribution in [0.5, 0.6) is 0 Å². The Labute approximate surface area is 186 Å². The minimum Gasteiger partial charge on any atom is -0.339 e. The van der Waals surface area contributed by atoms with Gasteiger partial charge in [-0.1, -0.05) is 6.92 Å². The molecule has 0 bridgehead atoms. The maximum absolute atomic E-state index is 14.4. The van der Waals surface area contributed by atoms with E-state index < -0.39 is 29.6 Å². The molecule has 33 heavy (non-hydrogen) atoms. The van der Waals surface area contributed by atoms with E-state index in [0.29, 0.717) is 17.9 Å². The SMILES string of the molecule is CCC1C(=O)N(C)c2cnc(-n3ccnc3-c3ccc(F)cc3F)nc2N1C1CC(F)(F)C1. The van der Waals surface area contributed by atoms with Gasteiger partial charge in [0.15, 0.2) is 5.82 Å². The van der Waals surface area contributed by atoms with Gasteiger partial charge in [-0.3, -0.25) is 9.36 Å². The highest BCUT2D eigenvalue weighted by atomic mass is 19.3. The van der Waals surface area contributed by atoms with Crippen LogP contribution in [-0.2, 0) is 4.79 Å². The van der Waals surface area contributed by atoms with Gasteiger partial charge in [-0.15, -0.1) is 0 Å². The molecule has 0 N–H and O–H groups in total. The zero-order valence-corrected chi connectivity index (χ0v) is 17.8. The van der Waals surface area contributed by atoms with Gasteiger partial charge in [0.1, 0.15) is 29.2 Å². The summed E-state index contributed by atoms with van der Waals surface area (Å²) in [6, 6.07) is 1.97. The fraction of sp³-hybridized carbons (Fsp3) is 0.364. The lowest BCUT2D eigenvalue weighted by molar-refractivity contribution is -0.122.